The van der Waals surface area contributed by atoms with E-state index in [2.05, 4.69) is 108 Å². The Labute approximate surface area is 181 Å². The number of anilines is 2. The van der Waals surface area contributed by atoms with Crippen LogP contribution < -0.4 is 15.8 Å². The third-order valence-electron chi connectivity index (χ3n) is 6.41. The second-order valence-corrected chi connectivity index (χ2v) is 8.91. The average Bonchev–Trinajstić information content (AvgIpc) is 3.26. The fourth-order valence-electron chi connectivity index (χ4n) is 5.01. The van der Waals surface area contributed by atoms with Crippen molar-refractivity contribution in [1.82, 2.24) is 20.6 Å². The Hall–Kier alpha value is -3.51. The van der Waals surface area contributed by atoms with Gasteiger partial charge in [-0.2, -0.15) is 4.98 Å². The fraction of sp³-hybridized carbons (Fsp3) is 0.240. The number of fused-ring (bicyclic) bond motifs is 4. The van der Waals surface area contributed by atoms with Gasteiger partial charge in [0.25, 0.3) is 5.95 Å². The molecule has 2 atom stereocenters. The second kappa shape index (κ2) is 6.49. The first-order valence-corrected chi connectivity index (χ1v) is 10.7. The first-order chi connectivity index (χ1) is 15.0. The molecule has 3 heterocycles. The number of allylic oxidation sites excluding steroid dienone is 3. The molecule has 3 aliphatic rings. The summed E-state index contributed by atoms with van der Waals surface area (Å²) in [6.45, 7) is 6.48. The van der Waals surface area contributed by atoms with Crippen LogP contribution in [0.3, 0.4) is 0 Å². The van der Waals surface area contributed by atoms with Crippen LogP contribution in [0.15, 0.2) is 72.5 Å². The van der Waals surface area contributed by atoms with Crippen LogP contribution in [-0.4, -0.2) is 26.8 Å². The van der Waals surface area contributed by atoms with Gasteiger partial charge in [-0.1, -0.05) is 60.7 Å². The molecule has 1 aliphatic carbocycles. The number of benzene rings is 2. The molecule has 2 aliphatic heterocycles. The summed E-state index contributed by atoms with van der Waals surface area (Å²) in [6, 6.07) is 15.3. The monoisotopic (exact) mass is 408 g/mol. The van der Waals surface area contributed by atoms with Crippen molar-refractivity contribution < 1.29 is 0 Å². The molecule has 6 heteroatoms. The smallest absolute Gasteiger partial charge is 0.266 e. The zero-order valence-electron chi connectivity index (χ0n) is 17.8. The number of aromatic nitrogens is 3. The number of nitrogens with zero attached hydrogens (tertiary/aromatic N) is 4. The molecule has 0 amide bonds. The van der Waals surface area contributed by atoms with Crippen molar-refractivity contribution in [2.24, 2.45) is 0 Å². The zero-order chi connectivity index (χ0) is 21.2. The number of nitrogens with one attached hydrogen (secondary N) is 2. The highest BCUT2D eigenvalue weighted by Gasteiger charge is 2.39. The SMILES string of the molecule is CC1=C(c2ccc3ccccc3c2)C(C)(C)NN1c1nnc2c(n1)NC1C=CC=CC21. The molecule has 6 nitrogen and oxygen atoms in total. The predicted molar refractivity (Wildman–Crippen MR) is 124 cm³/mol. The Morgan fingerprint density at radius 2 is 1.77 bits per heavy atom. The summed E-state index contributed by atoms with van der Waals surface area (Å²) in [5.41, 5.74) is 7.73. The summed E-state index contributed by atoms with van der Waals surface area (Å²) in [5.74, 6) is 1.56. The van der Waals surface area contributed by atoms with Crippen LogP contribution >= 0.6 is 0 Å². The summed E-state index contributed by atoms with van der Waals surface area (Å²) >= 11 is 0. The van der Waals surface area contributed by atoms with Crippen molar-refractivity contribution in [1.29, 1.82) is 0 Å². The van der Waals surface area contributed by atoms with Gasteiger partial charge >= 0.3 is 0 Å². The molecule has 3 aromatic rings. The van der Waals surface area contributed by atoms with E-state index in [0.29, 0.717) is 5.95 Å². The van der Waals surface area contributed by atoms with Gasteiger partial charge in [0.05, 0.1) is 11.6 Å². The highest BCUT2D eigenvalue weighted by molar-refractivity contribution is 5.89. The molecule has 2 N–H and O–H groups in total. The lowest BCUT2D eigenvalue weighted by Crippen LogP contribution is -2.44. The summed E-state index contributed by atoms with van der Waals surface area (Å²) in [6.07, 6.45) is 8.41. The van der Waals surface area contributed by atoms with E-state index < -0.39 is 0 Å². The van der Waals surface area contributed by atoms with Crippen molar-refractivity contribution >= 4 is 28.1 Å². The highest BCUT2D eigenvalue weighted by atomic mass is 15.6. The third-order valence-corrected chi connectivity index (χ3v) is 6.41. The Morgan fingerprint density at radius 1 is 0.968 bits per heavy atom. The lowest BCUT2D eigenvalue weighted by molar-refractivity contribution is 0.513. The maximum atomic E-state index is 4.83. The topological polar surface area (TPSA) is 66.0 Å². The van der Waals surface area contributed by atoms with Crippen LogP contribution in [0.1, 0.15) is 37.9 Å². The minimum Gasteiger partial charge on any atom is -0.361 e. The van der Waals surface area contributed by atoms with E-state index in [-0.39, 0.29) is 17.5 Å². The van der Waals surface area contributed by atoms with Gasteiger partial charge in [0.15, 0.2) is 5.82 Å². The third kappa shape index (κ3) is 2.79. The van der Waals surface area contributed by atoms with Gasteiger partial charge in [-0.15, -0.1) is 10.2 Å². The highest BCUT2D eigenvalue weighted by Crippen LogP contribution is 2.41. The zero-order valence-corrected chi connectivity index (χ0v) is 17.8. The molecule has 0 bridgehead atoms. The Morgan fingerprint density at radius 3 is 2.65 bits per heavy atom. The van der Waals surface area contributed by atoms with Crippen LogP contribution in [0.25, 0.3) is 16.3 Å². The number of hydrogen-bond donors (Lipinski definition) is 2. The molecule has 2 aromatic carbocycles. The molecule has 1 aromatic heterocycles. The fourth-order valence-corrected chi connectivity index (χ4v) is 5.01. The minimum absolute atomic E-state index is 0.196. The largest absolute Gasteiger partial charge is 0.361 e. The first kappa shape index (κ1) is 18.3. The van der Waals surface area contributed by atoms with Crippen molar-refractivity contribution in [2.45, 2.75) is 38.3 Å². The van der Waals surface area contributed by atoms with Crippen molar-refractivity contribution in [3.8, 4) is 0 Å². The molecular weight excluding hydrogens is 384 g/mol. The molecule has 31 heavy (non-hydrogen) atoms. The Balaban J connectivity index is 1.41. The molecule has 0 spiro atoms. The normalized spacial score (nSPS) is 23.3. The first-order valence-electron chi connectivity index (χ1n) is 10.7. The molecule has 0 fully saturated rings. The van der Waals surface area contributed by atoms with Gasteiger partial charge in [0, 0.05) is 17.2 Å². The second-order valence-electron chi connectivity index (χ2n) is 8.91. The standard InChI is InChI=1S/C25H24N6/c1-15-21(18-13-12-16-8-4-5-9-17(16)14-18)25(2,3)30-31(15)24-27-23-22(28-29-24)19-10-6-7-11-20(19)26-23/h4-14,19-20,30H,1-3H3,(H,26,27,29). The molecular formula is C25H24N6. The van der Waals surface area contributed by atoms with Gasteiger partial charge in [0.2, 0.25) is 0 Å². The number of rotatable bonds is 2. The van der Waals surface area contributed by atoms with E-state index in [9.17, 15) is 0 Å². The van der Waals surface area contributed by atoms with E-state index in [1.54, 1.807) is 0 Å². The molecule has 154 valence electrons. The van der Waals surface area contributed by atoms with Crippen LogP contribution in [-0.2, 0) is 0 Å². The van der Waals surface area contributed by atoms with Gasteiger partial charge in [0.1, 0.15) is 5.69 Å². The lowest BCUT2D eigenvalue weighted by Gasteiger charge is -2.25. The quantitative estimate of drug-likeness (QED) is 0.648. The lowest BCUT2D eigenvalue weighted by atomic mass is 9.88. The summed E-state index contributed by atoms with van der Waals surface area (Å²) in [5, 5.41) is 17.0. The van der Waals surface area contributed by atoms with E-state index in [1.165, 1.54) is 21.9 Å². The van der Waals surface area contributed by atoms with E-state index in [4.69, 9.17) is 4.98 Å². The van der Waals surface area contributed by atoms with E-state index in [1.807, 2.05) is 5.01 Å². The van der Waals surface area contributed by atoms with Crippen molar-refractivity contribution in [3.63, 3.8) is 0 Å². The Bertz CT molecular complexity index is 1300. The van der Waals surface area contributed by atoms with Gasteiger partial charge in [-0.3, -0.25) is 0 Å². The Kier molecular flexibility index (Phi) is 3.83. The van der Waals surface area contributed by atoms with Crippen LogP contribution in [0.2, 0.25) is 0 Å². The minimum atomic E-state index is -0.276. The number of hydrogen-bond acceptors (Lipinski definition) is 6. The van der Waals surface area contributed by atoms with Crippen molar-refractivity contribution in [3.05, 3.63) is 83.7 Å². The summed E-state index contributed by atoms with van der Waals surface area (Å²) in [4.78, 5) is 4.83. The van der Waals surface area contributed by atoms with Gasteiger partial charge in [-0.05, 0) is 43.2 Å². The molecule has 6 rings (SSSR count). The van der Waals surface area contributed by atoms with Crippen LogP contribution in [0, 0.1) is 0 Å². The maximum absolute atomic E-state index is 4.83. The predicted octanol–water partition coefficient (Wildman–Crippen LogP) is 4.56. The molecule has 0 saturated carbocycles. The van der Waals surface area contributed by atoms with E-state index in [0.717, 1.165) is 17.2 Å². The molecule has 2 unspecified atom stereocenters. The summed E-state index contributed by atoms with van der Waals surface area (Å²) in [7, 11) is 0. The molecule has 0 saturated heterocycles. The maximum Gasteiger partial charge on any atom is 0.266 e. The van der Waals surface area contributed by atoms with Crippen molar-refractivity contribution in [2.75, 3.05) is 10.3 Å². The van der Waals surface area contributed by atoms with E-state index >= 15 is 0 Å². The summed E-state index contributed by atoms with van der Waals surface area (Å²) < 4.78 is 0. The molecule has 0 radical (unpaired) electrons. The van der Waals surface area contributed by atoms with Gasteiger partial charge < -0.3 is 5.32 Å². The van der Waals surface area contributed by atoms with Crippen LogP contribution in [0.4, 0.5) is 11.8 Å². The average molecular weight is 409 g/mol. The van der Waals surface area contributed by atoms with Gasteiger partial charge in [-0.25, -0.2) is 10.4 Å². The van der Waals surface area contributed by atoms with Crippen LogP contribution in [0.5, 0.6) is 0 Å². The number of hydrazine groups is 1.